The number of aromatic nitrogens is 1. The van der Waals surface area contributed by atoms with Crippen LogP contribution in [0.15, 0.2) is 53.1 Å². The van der Waals surface area contributed by atoms with Gasteiger partial charge in [0.1, 0.15) is 11.3 Å². The lowest BCUT2D eigenvalue weighted by Gasteiger charge is -2.16. The van der Waals surface area contributed by atoms with Crippen LogP contribution in [0.2, 0.25) is 0 Å². The topological polar surface area (TPSA) is 87.9 Å². The second-order valence-electron chi connectivity index (χ2n) is 4.60. The van der Waals surface area contributed by atoms with Gasteiger partial charge in [-0.3, -0.25) is 15.4 Å². The molecule has 2 aromatic rings. The van der Waals surface area contributed by atoms with Crippen LogP contribution in [0.1, 0.15) is 5.56 Å². The number of nitrogens with two attached hydrogens (primary N) is 1. The molecule has 4 N–H and O–H groups in total. The van der Waals surface area contributed by atoms with E-state index in [1.165, 1.54) is 4.57 Å². The third-order valence-corrected chi connectivity index (χ3v) is 3.40. The molecular formula is C15H17BrN4O. The lowest BCUT2D eigenvalue weighted by Crippen LogP contribution is -2.42. The molecule has 0 bridgehead atoms. The van der Waals surface area contributed by atoms with Gasteiger partial charge in [0, 0.05) is 10.7 Å². The van der Waals surface area contributed by atoms with Crippen molar-refractivity contribution >= 4 is 21.8 Å². The Morgan fingerprint density at radius 1 is 1.24 bits per heavy atom. The lowest BCUT2D eigenvalue weighted by molar-refractivity contribution is 0.119. The Hall–Kier alpha value is -1.76. The van der Waals surface area contributed by atoms with Crippen molar-refractivity contribution in [3.05, 3.63) is 64.2 Å². The minimum absolute atomic E-state index is 0.134. The van der Waals surface area contributed by atoms with E-state index in [0.717, 1.165) is 10.0 Å². The number of rotatable bonds is 5. The Balaban J connectivity index is 1.94. The molecule has 0 fully saturated rings. The molecule has 110 valence electrons. The Bertz CT molecular complexity index is 669. The smallest absolute Gasteiger partial charge is 0.130 e. The summed E-state index contributed by atoms with van der Waals surface area (Å²) in [6, 6.07) is 12.6. The maximum Gasteiger partial charge on any atom is 0.130 e. The number of hydrogen-bond acceptors (Lipinski definition) is 4. The monoisotopic (exact) mass is 348 g/mol. The van der Waals surface area contributed by atoms with E-state index in [1.807, 2.05) is 30.3 Å². The molecule has 0 saturated heterocycles. The number of ether oxygens (including phenoxy) is 1. The van der Waals surface area contributed by atoms with Crippen molar-refractivity contribution in [3.63, 3.8) is 0 Å². The minimum atomic E-state index is -0.586. The molecule has 2 rings (SSSR count). The molecule has 0 aliphatic rings. The molecule has 0 aliphatic heterocycles. The van der Waals surface area contributed by atoms with E-state index >= 15 is 0 Å². The number of pyridine rings is 1. The first kappa shape index (κ1) is 15.6. The summed E-state index contributed by atoms with van der Waals surface area (Å²) in [6.45, 7) is 0.686. The third kappa shape index (κ3) is 4.35. The van der Waals surface area contributed by atoms with Crippen LogP contribution >= 0.6 is 15.9 Å². The molecule has 1 aromatic carbocycles. The summed E-state index contributed by atoms with van der Waals surface area (Å²) < 4.78 is 7.77. The summed E-state index contributed by atoms with van der Waals surface area (Å²) in [7, 11) is 0. The molecule has 0 radical (unpaired) electrons. The summed E-state index contributed by atoms with van der Waals surface area (Å²) in [4.78, 5) is 0. The molecule has 0 amide bonds. The van der Waals surface area contributed by atoms with E-state index < -0.39 is 6.04 Å². The predicted octanol–water partition coefficient (Wildman–Crippen LogP) is 2.10. The fourth-order valence-corrected chi connectivity index (χ4v) is 2.15. The van der Waals surface area contributed by atoms with Gasteiger partial charge in [-0.05, 0) is 33.6 Å². The number of hydrogen-bond donors (Lipinski definition) is 3. The molecule has 6 heteroatoms. The van der Waals surface area contributed by atoms with Gasteiger partial charge in [-0.25, -0.2) is 0 Å². The van der Waals surface area contributed by atoms with Gasteiger partial charge in [-0.1, -0.05) is 30.3 Å². The number of halogens is 1. The van der Waals surface area contributed by atoms with E-state index in [-0.39, 0.29) is 17.9 Å². The van der Waals surface area contributed by atoms with Crippen LogP contribution in [0.3, 0.4) is 0 Å². The Morgan fingerprint density at radius 3 is 2.67 bits per heavy atom. The quantitative estimate of drug-likeness (QED) is 0.570. The standard InChI is InChI=1S/C15H17BrN4O/c16-12-6-7-14(18)20(8-12)15(19)13(17)10-21-9-11-4-2-1-3-5-11/h1-8,13,18-19H,9-10,17H2/t13-/m1/s1. The number of nitrogens with one attached hydrogen (secondary N) is 2. The van der Waals surface area contributed by atoms with E-state index in [1.54, 1.807) is 18.3 Å². The van der Waals surface area contributed by atoms with Gasteiger partial charge in [0.2, 0.25) is 0 Å². The molecule has 5 nitrogen and oxygen atoms in total. The average Bonchev–Trinajstić information content (AvgIpc) is 2.50. The van der Waals surface area contributed by atoms with Gasteiger partial charge in [-0.15, -0.1) is 0 Å². The maximum atomic E-state index is 8.07. The van der Waals surface area contributed by atoms with E-state index in [2.05, 4.69) is 15.9 Å². The van der Waals surface area contributed by atoms with Gasteiger partial charge in [0.15, 0.2) is 0 Å². The van der Waals surface area contributed by atoms with Crippen molar-refractivity contribution < 1.29 is 4.74 Å². The zero-order valence-electron chi connectivity index (χ0n) is 11.4. The van der Waals surface area contributed by atoms with Crippen molar-refractivity contribution in [1.29, 1.82) is 10.8 Å². The molecule has 0 unspecified atom stereocenters. The van der Waals surface area contributed by atoms with E-state index in [9.17, 15) is 0 Å². The van der Waals surface area contributed by atoms with Crippen LogP contribution in [-0.4, -0.2) is 23.1 Å². The van der Waals surface area contributed by atoms with Crippen molar-refractivity contribution in [3.8, 4) is 0 Å². The van der Waals surface area contributed by atoms with Gasteiger partial charge < -0.3 is 10.5 Å². The first-order valence-corrected chi connectivity index (χ1v) is 7.26. The highest BCUT2D eigenvalue weighted by molar-refractivity contribution is 9.10. The maximum absolute atomic E-state index is 8.07. The first-order chi connectivity index (χ1) is 10.1. The van der Waals surface area contributed by atoms with Crippen LogP contribution < -0.4 is 11.2 Å². The van der Waals surface area contributed by atoms with Crippen molar-refractivity contribution in [2.24, 2.45) is 5.73 Å². The Morgan fingerprint density at radius 2 is 1.95 bits per heavy atom. The fraction of sp³-hybridized carbons (Fsp3) is 0.200. The normalized spacial score (nSPS) is 12.1. The highest BCUT2D eigenvalue weighted by Gasteiger charge is 2.12. The van der Waals surface area contributed by atoms with Crippen LogP contribution in [-0.2, 0) is 11.3 Å². The zero-order chi connectivity index (χ0) is 15.2. The Labute approximate surface area is 131 Å². The van der Waals surface area contributed by atoms with Crippen LogP contribution in [0.5, 0.6) is 0 Å². The molecule has 0 saturated carbocycles. The predicted molar refractivity (Wildman–Crippen MR) is 85.2 cm³/mol. The summed E-state index contributed by atoms with van der Waals surface area (Å²) in [5.74, 6) is 0.134. The Kier molecular flexibility index (Phi) is 5.44. The summed E-state index contributed by atoms with van der Waals surface area (Å²) in [5, 5.41) is 15.9. The molecule has 0 aliphatic carbocycles. The van der Waals surface area contributed by atoms with Gasteiger partial charge in [0.05, 0.1) is 19.3 Å². The molecule has 1 heterocycles. The van der Waals surface area contributed by atoms with Crippen molar-refractivity contribution in [1.82, 2.24) is 4.57 Å². The molecule has 0 spiro atoms. The van der Waals surface area contributed by atoms with E-state index in [4.69, 9.17) is 21.3 Å². The second-order valence-corrected chi connectivity index (χ2v) is 5.51. The first-order valence-electron chi connectivity index (χ1n) is 6.47. The molecule has 21 heavy (non-hydrogen) atoms. The summed E-state index contributed by atoms with van der Waals surface area (Å²) >= 11 is 3.32. The third-order valence-electron chi connectivity index (χ3n) is 2.93. The highest BCUT2D eigenvalue weighted by Crippen LogP contribution is 2.05. The van der Waals surface area contributed by atoms with Crippen LogP contribution in [0.4, 0.5) is 0 Å². The zero-order valence-corrected chi connectivity index (χ0v) is 13.0. The van der Waals surface area contributed by atoms with E-state index in [0.29, 0.717) is 6.61 Å². The van der Waals surface area contributed by atoms with Gasteiger partial charge in [-0.2, -0.15) is 0 Å². The summed E-state index contributed by atoms with van der Waals surface area (Å²) in [5.41, 5.74) is 7.24. The van der Waals surface area contributed by atoms with Crippen LogP contribution in [0.25, 0.3) is 0 Å². The summed E-state index contributed by atoms with van der Waals surface area (Å²) in [6.07, 6.45) is 1.65. The lowest BCUT2D eigenvalue weighted by atomic mass is 10.2. The average molecular weight is 349 g/mol. The largest absolute Gasteiger partial charge is 0.375 e. The highest BCUT2D eigenvalue weighted by atomic mass is 79.9. The van der Waals surface area contributed by atoms with Gasteiger partial charge >= 0.3 is 0 Å². The minimum Gasteiger partial charge on any atom is -0.375 e. The fourth-order valence-electron chi connectivity index (χ4n) is 1.81. The number of benzene rings is 1. The van der Waals surface area contributed by atoms with Gasteiger partial charge in [0.25, 0.3) is 0 Å². The van der Waals surface area contributed by atoms with Crippen molar-refractivity contribution in [2.75, 3.05) is 6.61 Å². The van der Waals surface area contributed by atoms with Crippen molar-refractivity contribution in [2.45, 2.75) is 12.6 Å². The second kappa shape index (κ2) is 7.31. The molecule has 1 aromatic heterocycles. The number of nitrogens with zero attached hydrogens (tertiary/aromatic N) is 1. The van der Waals surface area contributed by atoms with Crippen LogP contribution in [0, 0.1) is 10.8 Å². The SMILES string of the molecule is N=C([C@H](N)COCc1ccccc1)n1cc(Br)ccc1=N. The molecule has 1 atom stereocenters. The molecular weight excluding hydrogens is 332 g/mol.